The van der Waals surface area contributed by atoms with Crippen molar-refractivity contribution in [2.45, 2.75) is 13.0 Å². The van der Waals surface area contributed by atoms with Crippen molar-refractivity contribution in [2.24, 2.45) is 0 Å². The predicted molar refractivity (Wildman–Crippen MR) is 88.4 cm³/mol. The van der Waals surface area contributed by atoms with Crippen LogP contribution in [0.2, 0.25) is 10.0 Å². The van der Waals surface area contributed by atoms with Gasteiger partial charge >= 0.3 is 0 Å². The van der Waals surface area contributed by atoms with Crippen LogP contribution in [0, 0.1) is 0 Å². The van der Waals surface area contributed by atoms with E-state index in [0.717, 1.165) is 10.6 Å². The van der Waals surface area contributed by atoms with Crippen LogP contribution in [0.15, 0.2) is 23.6 Å². The van der Waals surface area contributed by atoms with E-state index in [-0.39, 0.29) is 11.9 Å². The highest BCUT2D eigenvalue weighted by molar-refractivity contribution is 7.13. The fraction of sp³-hybridized carbons (Fsp3) is 0.286. The van der Waals surface area contributed by atoms with Crippen molar-refractivity contribution < 1.29 is 4.79 Å². The summed E-state index contributed by atoms with van der Waals surface area (Å²) in [6, 6.07) is 5.50. The average molecular weight is 344 g/mol. The van der Waals surface area contributed by atoms with Crippen molar-refractivity contribution in [1.82, 2.24) is 15.6 Å². The molecular weight excluding hydrogens is 329 g/mol. The van der Waals surface area contributed by atoms with Crippen LogP contribution in [0.3, 0.4) is 0 Å². The molecule has 1 heterocycles. The van der Waals surface area contributed by atoms with Gasteiger partial charge in [0.2, 0.25) is 0 Å². The maximum atomic E-state index is 12.0. The third-order valence-electron chi connectivity index (χ3n) is 2.96. The normalized spacial score (nSPS) is 12.2. The first-order valence-corrected chi connectivity index (χ1v) is 8.01. The summed E-state index contributed by atoms with van der Waals surface area (Å²) in [7, 11) is 1.85. The molecule has 0 bridgehead atoms. The number of nitrogens with one attached hydrogen (secondary N) is 2. The zero-order valence-electron chi connectivity index (χ0n) is 11.6. The van der Waals surface area contributed by atoms with Gasteiger partial charge in [0.15, 0.2) is 0 Å². The molecule has 2 rings (SSSR count). The minimum absolute atomic E-state index is 0.181. The van der Waals surface area contributed by atoms with Crippen LogP contribution in [-0.2, 0) is 0 Å². The number of nitrogens with zero attached hydrogens (tertiary/aromatic N) is 1. The Morgan fingerprint density at radius 2 is 2.14 bits per heavy atom. The van der Waals surface area contributed by atoms with Crippen molar-refractivity contribution in [3.8, 4) is 10.6 Å². The first kappa shape index (κ1) is 16.2. The van der Waals surface area contributed by atoms with Crippen molar-refractivity contribution in [2.75, 3.05) is 13.6 Å². The molecule has 1 aromatic carbocycles. The van der Waals surface area contributed by atoms with Gasteiger partial charge in [-0.05, 0) is 26.1 Å². The number of benzene rings is 1. The summed E-state index contributed by atoms with van der Waals surface area (Å²) in [6.07, 6.45) is 0. The molecule has 0 aliphatic heterocycles. The number of carbonyl (C=O) groups excluding carboxylic acids is 1. The molecule has 0 aliphatic carbocycles. The third-order valence-corrected chi connectivity index (χ3v) is 4.60. The fourth-order valence-electron chi connectivity index (χ4n) is 1.58. The van der Waals surface area contributed by atoms with E-state index in [1.54, 1.807) is 17.5 Å². The fourth-order valence-corrected chi connectivity index (χ4v) is 2.67. The molecule has 0 fully saturated rings. The zero-order valence-corrected chi connectivity index (χ0v) is 13.9. The lowest BCUT2D eigenvalue weighted by molar-refractivity contribution is 0.0946. The molecule has 0 saturated carbocycles. The van der Waals surface area contributed by atoms with Crippen LogP contribution in [0.1, 0.15) is 17.4 Å². The SMILES string of the molecule is CNC(C)CNC(=O)c1csc(-c2ccc(Cl)c(Cl)c2)n1. The minimum Gasteiger partial charge on any atom is -0.349 e. The molecule has 0 saturated heterocycles. The van der Waals surface area contributed by atoms with E-state index in [1.807, 2.05) is 20.0 Å². The van der Waals surface area contributed by atoms with E-state index >= 15 is 0 Å². The van der Waals surface area contributed by atoms with Crippen LogP contribution in [0.25, 0.3) is 10.6 Å². The highest BCUT2D eigenvalue weighted by Crippen LogP contribution is 2.30. The van der Waals surface area contributed by atoms with E-state index < -0.39 is 0 Å². The van der Waals surface area contributed by atoms with Crippen molar-refractivity contribution in [3.63, 3.8) is 0 Å². The van der Waals surface area contributed by atoms with Gasteiger partial charge in [0.05, 0.1) is 10.0 Å². The molecule has 0 spiro atoms. The first-order chi connectivity index (χ1) is 10.0. The minimum atomic E-state index is -0.181. The van der Waals surface area contributed by atoms with E-state index in [9.17, 15) is 4.79 Å². The Bertz CT molecular complexity index is 645. The van der Waals surface area contributed by atoms with Crippen LogP contribution in [0.4, 0.5) is 0 Å². The predicted octanol–water partition coefficient (Wildman–Crippen LogP) is 3.45. The number of carbonyl (C=O) groups is 1. The molecule has 1 aromatic heterocycles. The second-order valence-electron chi connectivity index (χ2n) is 4.57. The molecule has 0 radical (unpaired) electrons. The Kier molecular flexibility index (Phi) is 5.58. The molecular formula is C14H15Cl2N3OS. The second-order valence-corrected chi connectivity index (χ2v) is 6.24. The van der Waals surface area contributed by atoms with Gasteiger partial charge in [-0.3, -0.25) is 4.79 Å². The molecule has 2 aromatic rings. The van der Waals surface area contributed by atoms with Gasteiger partial charge < -0.3 is 10.6 Å². The van der Waals surface area contributed by atoms with E-state index in [2.05, 4.69) is 15.6 Å². The van der Waals surface area contributed by atoms with Crippen molar-refractivity contribution >= 4 is 40.4 Å². The smallest absolute Gasteiger partial charge is 0.270 e. The maximum Gasteiger partial charge on any atom is 0.270 e. The number of halogens is 2. The summed E-state index contributed by atoms with van der Waals surface area (Å²) in [6.45, 7) is 2.54. The number of hydrogen-bond donors (Lipinski definition) is 2. The summed E-state index contributed by atoms with van der Waals surface area (Å²) in [5.41, 5.74) is 1.25. The molecule has 4 nitrogen and oxygen atoms in total. The maximum absolute atomic E-state index is 12.0. The highest BCUT2D eigenvalue weighted by Gasteiger charge is 2.13. The quantitative estimate of drug-likeness (QED) is 0.873. The highest BCUT2D eigenvalue weighted by atomic mass is 35.5. The van der Waals surface area contributed by atoms with E-state index in [4.69, 9.17) is 23.2 Å². The standard InChI is InChI=1S/C14H15Cl2N3OS/c1-8(17-2)6-18-13(20)12-7-21-14(19-12)9-3-4-10(15)11(16)5-9/h3-5,7-8,17H,6H2,1-2H3,(H,18,20). The number of likely N-dealkylation sites (N-methyl/N-ethyl adjacent to an activating group) is 1. The van der Waals surface area contributed by atoms with Gasteiger partial charge in [-0.1, -0.05) is 29.3 Å². The number of rotatable bonds is 5. The van der Waals surface area contributed by atoms with Gasteiger partial charge in [-0.2, -0.15) is 0 Å². The molecule has 2 N–H and O–H groups in total. The Labute approximate surface area is 137 Å². The lowest BCUT2D eigenvalue weighted by Crippen LogP contribution is -2.37. The van der Waals surface area contributed by atoms with Gasteiger partial charge in [-0.15, -0.1) is 11.3 Å². The number of aromatic nitrogens is 1. The number of hydrogen-bond acceptors (Lipinski definition) is 4. The van der Waals surface area contributed by atoms with Crippen LogP contribution < -0.4 is 10.6 Å². The van der Waals surface area contributed by atoms with E-state index in [1.165, 1.54) is 11.3 Å². The monoisotopic (exact) mass is 343 g/mol. The van der Waals surface area contributed by atoms with Gasteiger partial charge in [0.25, 0.3) is 5.91 Å². The van der Waals surface area contributed by atoms with Crippen LogP contribution in [0.5, 0.6) is 0 Å². The summed E-state index contributed by atoms with van der Waals surface area (Å²) in [5, 5.41) is 9.32. The van der Waals surface area contributed by atoms with Crippen molar-refractivity contribution in [1.29, 1.82) is 0 Å². The van der Waals surface area contributed by atoms with Gasteiger partial charge in [0.1, 0.15) is 10.7 Å². The topological polar surface area (TPSA) is 54.0 Å². The zero-order chi connectivity index (χ0) is 15.4. The van der Waals surface area contributed by atoms with Gasteiger partial charge in [0, 0.05) is 23.5 Å². The Morgan fingerprint density at radius 1 is 1.38 bits per heavy atom. The average Bonchev–Trinajstić information content (AvgIpc) is 2.97. The Morgan fingerprint density at radius 3 is 2.81 bits per heavy atom. The summed E-state index contributed by atoms with van der Waals surface area (Å²) in [5.74, 6) is -0.181. The molecule has 7 heteroatoms. The number of amides is 1. The second kappa shape index (κ2) is 7.22. The van der Waals surface area contributed by atoms with Gasteiger partial charge in [-0.25, -0.2) is 4.98 Å². The lowest BCUT2D eigenvalue weighted by Gasteiger charge is -2.10. The van der Waals surface area contributed by atoms with Crippen LogP contribution >= 0.6 is 34.5 Å². The number of thiazole rings is 1. The third kappa shape index (κ3) is 4.17. The molecule has 21 heavy (non-hydrogen) atoms. The van der Waals surface area contributed by atoms with Crippen LogP contribution in [-0.4, -0.2) is 30.5 Å². The van der Waals surface area contributed by atoms with E-state index in [0.29, 0.717) is 22.3 Å². The molecule has 1 atom stereocenters. The molecule has 1 amide bonds. The Hall–Kier alpha value is -1.14. The first-order valence-electron chi connectivity index (χ1n) is 6.37. The van der Waals surface area contributed by atoms with Crippen molar-refractivity contribution in [3.05, 3.63) is 39.3 Å². The largest absolute Gasteiger partial charge is 0.349 e. The molecule has 0 aliphatic rings. The molecule has 112 valence electrons. The Balaban J connectivity index is 2.10. The lowest BCUT2D eigenvalue weighted by atomic mass is 10.2. The summed E-state index contributed by atoms with van der Waals surface area (Å²) < 4.78 is 0. The summed E-state index contributed by atoms with van der Waals surface area (Å²) in [4.78, 5) is 16.3. The molecule has 1 unspecified atom stereocenters. The summed E-state index contributed by atoms with van der Waals surface area (Å²) >= 11 is 13.3.